The molecule has 1 aliphatic rings. The van der Waals surface area contributed by atoms with Crippen molar-refractivity contribution in [3.63, 3.8) is 0 Å². The van der Waals surface area contributed by atoms with E-state index in [2.05, 4.69) is 0 Å². The number of nitrogens with zero attached hydrogens (tertiary/aromatic N) is 2. The van der Waals surface area contributed by atoms with Gasteiger partial charge >= 0.3 is 19.1 Å². The molecular formula is C23H17BF6N2O5. The maximum Gasteiger partial charge on any atom is 0.638 e. The molecule has 2 heterocycles. The zero-order valence-electron chi connectivity index (χ0n) is 19.1. The van der Waals surface area contributed by atoms with Crippen LogP contribution in [0.4, 0.5) is 32.0 Å². The quantitative estimate of drug-likeness (QED) is 0.295. The summed E-state index contributed by atoms with van der Waals surface area (Å²) >= 11 is 0. The molecule has 0 N–H and O–H groups in total. The summed E-state index contributed by atoms with van der Waals surface area (Å²) in [6, 6.07) is 8.58. The van der Waals surface area contributed by atoms with E-state index in [0.29, 0.717) is 5.69 Å². The molecule has 7 nitrogen and oxygen atoms in total. The second-order valence-corrected chi connectivity index (χ2v) is 8.25. The van der Waals surface area contributed by atoms with Crippen molar-refractivity contribution in [3.05, 3.63) is 89.2 Å². The highest BCUT2D eigenvalue weighted by Crippen LogP contribution is 2.35. The standard InChI is InChI=1S/C23H17BF6N2O5/c1-31(2)17-7-9-32(10-8-17)37-24(35-20(33)18-5-3-4-6-19(18)21(34)36-24)16-12-14(22(25,26)27)11-15(13-16)23(28,29)30/h3-13H,1-2H3. The maximum absolute atomic E-state index is 13.6. The predicted octanol–water partition coefficient (Wildman–Crippen LogP) is 3.38. The van der Waals surface area contributed by atoms with Crippen molar-refractivity contribution in [2.45, 2.75) is 12.4 Å². The third-order valence-electron chi connectivity index (χ3n) is 5.47. The molecule has 1 aliphatic heterocycles. The fraction of sp³-hybridized carbons (Fsp3) is 0.174. The minimum absolute atomic E-state index is 0.110. The summed E-state index contributed by atoms with van der Waals surface area (Å²) in [5, 5.41) is 0. The molecule has 0 unspecified atom stereocenters. The molecule has 2 aromatic carbocycles. The predicted molar refractivity (Wildman–Crippen MR) is 117 cm³/mol. The van der Waals surface area contributed by atoms with E-state index in [-0.39, 0.29) is 29.3 Å². The third-order valence-corrected chi connectivity index (χ3v) is 5.47. The summed E-state index contributed by atoms with van der Waals surface area (Å²) in [4.78, 5) is 27.6. The molecule has 3 aromatic rings. The molecule has 14 heteroatoms. The van der Waals surface area contributed by atoms with Crippen molar-refractivity contribution >= 4 is 29.8 Å². The Morgan fingerprint density at radius 3 is 1.65 bits per heavy atom. The summed E-state index contributed by atoms with van der Waals surface area (Å²) in [5.74, 6) is -2.50. The molecular weight excluding hydrogens is 509 g/mol. The van der Waals surface area contributed by atoms with E-state index in [0.717, 1.165) is 4.73 Å². The van der Waals surface area contributed by atoms with Gasteiger partial charge in [0.05, 0.1) is 22.3 Å². The van der Waals surface area contributed by atoms with Gasteiger partial charge in [-0.3, -0.25) is 9.59 Å². The number of rotatable bonds is 4. The Morgan fingerprint density at radius 1 is 0.784 bits per heavy atom. The zero-order valence-corrected chi connectivity index (χ0v) is 19.1. The molecule has 0 radical (unpaired) electrons. The van der Waals surface area contributed by atoms with Gasteiger partial charge in [-0.2, -0.15) is 26.3 Å². The Hall–Kier alpha value is -4.23. The fourth-order valence-corrected chi connectivity index (χ4v) is 3.63. The maximum atomic E-state index is 13.6. The van der Waals surface area contributed by atoms with Crippen molar-refractivity contribution in [2.24, 2.45) is 0 Å². The van der Waals surface area contributed by atoms with Crippen LogP contribution in [-0.2, 0) is 21.7 Å². The normalized spacial score (nSPS) is 15.2. The number of hydrogen-bond donors (Lipinski definition) is 0. The van der Waals surface area contributed by atoms with E-state index in [1.54, 1.807) is 19.0 Å². The highest BCUT2D eigenvalue weighted by Gasteiger charge is 2.51. The van der Waals surface area contributed by atoms with Crippen LogP contribution in [0.5, 0.6) is 0 Å². The Balaban J connectivity index is 1.94. The molecule has 1 aromatic heterocycles. The van der Waals surface area contributed by atoms with Gasteiger partial charge < -0.3 is 19.0 Å². The van der Waals surface area contributed by atoms with Crippen LogP contribution in [0.1, 0.15) is 31.8 Å². The first-order valence-corrected chi connectivity index (χ1v) is 10.6. The lowest BCUT2D eigenvalue weighted by atomic mass is 9.68. The van der Waals surface area contributed by atoms with E-state index in [4.69, 9.17) is 14.1 Å². The average molecular weight is 526 g/mol. The number of aromatic nitrogens is 1. The summed E-state index contributed by atoms with van der Waals surface area (Å²) in [5.41, 5.74) is -4.37. The topological polar surface area (TPSA) is 69.0 Å². The largest absolute Gasteiger partial charge is 0.638 e. The van der Waals surface area contributed by atoms with E-state index in [1.165, 1.54) is 48.8 Å². The number of anilines is 1. The van der Waals surface area contributed by atoms with Crippen LogP contribution in [0, 0.1) is 0 Å². The van der Waals surface area contributed by atoms with Crippen molar-refractivity contribution in [1.29, 1.82) is 0 Å². The number of carbonyl (C=O) groups excluding carboxylic acids is 2. The lowest BCUT2D eigenvalue weighted by Gasteiger charge is -2.35. The molecule has 0 bridgehead atoms. The monoisotopic (exact) mass is 526 g/mol. The number of halogens is 6. The van der Waals surface area contributed by atoms with Gasteiger partial charge in [-0.05, 0) is 22.9 Å². The van der Waals surface area contributed by atoms with E-state index in [1.807, 2.05) is 0 Å². The second-order valence-electron chi connectivity index (χ2n) is 8.25. The summed E-state index contributed by atoms with van der Waals surface area (Å²) in [6.07, 6.45) is -7.96. The van der Waals surface area contributed by atoms with Crippen LogP contribution < -0.4 is 19.8 Å². The van der Waals surface area contributed by atoms with Crippen LogP contribution in [-0.4, -0.2) is 32.8 Å². The number of hydrogen-bond acceptors (Lipinski definition) is 6. The smallest absolute Gasteiger partial charge is 0.612 e. The van der Waals surface area contributed by atoms with Gasteiger partial charge in [0.1, 0.15) is 0 Å². The molecule has 0 aliphatic carbocycles. The van der Waals surface area contributed by atoms with Crippen LogP contribution in [0.25, 0.3) is 0 Å². The molecule has 37 heavy (non-hydrogen) atoms. The number of fused-ring (bicyclic) bond motifs is 1. The number of carbonyl (C=O) groups is 2. The van der Waals surface area contributed by atoms with Crippen LogP contribution >= 0.6 is 0 Å². The second kappa shape index (κ2) is 9.02. The molecule has 0 amide bonds. The Labute approximate surface area is 205 Å². The van der Waals surface area contributed by atoms with Crippen LogP contribution in [0.3, 0.4) is 0 Å². The molecule has 0 saturated heterocycles. The molecule has 0 atom stereocenters. The number of pyridine rings is 1. The minimum Gasteiger partial charge on any atom is -0.612 e. The van der Waals surface area contributed by atoms with E-state index < -0.39 is 47.6 Å². The Morgan fingerprint density at radius 2 is 1.24 bits per heavy atom. The van der Waals surface area contributed by atoms with Gasteiger partial charge in [-0.1, -0.05) is 29.7 Å². The molecule has 194 valence electrons. The first kappa shape index (κ1) is 25.9. The first-order chi connectivity index (χ1) is 17.2. The SMILES string of the molecule is CN(C)c1cc[n+](O[B-]2(c3cc(C(F)(F)F)cc(C(F)(F)F)c3)OC(=O)c3ccccc3C(=O)O2)cc1. The van der Waals surface area contributed by atoms with Crippen molar-refractivity contribution < 1.29 is 54.7 Å². The number of alkyl halides is 6. The zero-order chi connectivity index (χ0) is 27.2. The van der Waals surface area contributed by atoms with Gasteiger partial charge in [0, 0.05) is 31.9 Å². The summed E-state index contributed by atoms with van der Waals surface area (Å²) in [7, 11) is 3.44. The van der Waals surface area contributed by atoms with Gasteiger partial charge in [0.15, 0.2) is 0 Å². The van der Waals surface area contributed by atoms with E-state index >= 15 is 0 Å². The van der Waals surface area contributed by atoms with Crippen molar-refractivity contribution in [1.82, 2.24) is 0 Å². The average Bonchev–Trinajstić information content (AvgIpc) is 2.93. The highest BCUT2D eigenvalue weighted by molar-refractivity contribution is 6.78. The van der Waals surface area contributed by atoms with Gasteiger partial charge in [-0.15, -0.1) is 0 Å². The third kappa shape index (κ3) is 5.18. The Bertz CT molecular complexity index is 1290. The first-order valence-electron chi connectivity index (χ1n) is 10.6. The molecule has 0 fully saturated rings. The number of benzene rings is 2. The summed E-state index contributed by atoms with van der Waals surface area (Å²) < 4.78 is 98.6. The molecule has 0 saturated carbocycles. The van der Waals surface area contributed by atoms with Gasteiger partial charge in [0.25, 0.3) is 11.9 Å². The van der Waals surface area contributed by atoms with Gasteiger partial charge in [-0.25, -0.2) is 0 Å². The fourth-order valence-electron chi connectivity index (χ4n) is 3.63. The minimum atomic E-state index is -5.23. The summed E-state index contributed by atoms with van der Waals surface area (Å²) in [6.45, 7) is -4.08. The lowest BCUT2D eigenvalue weighted by molar-refractivity contribution is -0.867. The van der Waals surface area contributed by atoms with Crippen LogP contribution in [0.2, 0.25) is 0 Å². The van der Waals surface area contributed by atoms with Crippen molar-refractivity contribution in [3.8, 4) is 0 Å². The van der Waals surface area contributed by atoms with Crippen LogP contribution in [0.15, 0.2) is 67.0 Å². The lowest BCUT2D eigenvalue weighted by Crippen LogP contribution is -2.70. The van der Waals surface area contributed by atoms with Gasteiger partial charge in [0.2, 0.25) is 12.4 Å². The molecule has 0 spiro atoms. The Kier molecular flexibility index (Phi) is 6.30. The molecule has 4 rings (SSSR count). The van der Waals surface area contributed by atoms with Crippen molar-refractivity contribution in [2.75, 3.05) is 19.0 Å². The van der Waals surface area contributed by atoms with E-state index in [9.17, 15) is 35.9 Å². The highest BCUT2D eigenvalue weighted by atomic mass is 19.4.